The number of carbonyl (C=O) groups is 2. The van der Waals surface area contributed by atoms with Crippen molar-refractivity contribution >= 4 is 17.8 Å². The monoisotopic (exact) mass is 424 g/mol. The number of aromatic nitrogens is 2. The van der Waals surface area contributed by atoms with Gasteiger partial charge in [-0.15, -0.1) is 0 Å². The van der Waals surface area contributed by atoms with Crippen molar-refractivity contribution in [3.63, 3.8) is 0 Å². The lowest BCUT2D eigenvalue weighted by Gasteiger charge is -2.34. The first kappa shape index (κ1) is 21.4. The summed E-state index contributed by atoms with van der Waals surface area (Å²) in [7, 11) is 3.99. The summed E-state index contributed by atoms with van der Waals surface area (Å²) in [4.78, 5) is 29.6. The Kier molecular flexibility index (Phi) is 5.75. The first-order chi connectivity index (χ1) is 14.8. The van der Waals surface area contributed by atoms with Gasteiger partial charge >= 0.3 is 6.03 Å². The van der Waals surface area contributed by atoms with Crippen LogP contribution in [0.2, 0.25) is 0 Å². The number of nitrogens with zero attached hydrogens (tertiary/aromatic N) is 3. The Morgan fingerprint density at radius 3 is 2.58 bits per heavy atom. The molecule has 0 radical (unpaired) electrons. The van der Waals surface area contributed by atoms with Gasteiger partial charge in [0.2, 0.25) is 5.91 Å². The maximum absolute atomic E-state index is 13.4. The number of H-pyrrole nitrogens is 1. The number of carbonyl (C=O) groups excluding carboxylic acids is 2. The molecular formula is C23H32N6O2. The molecule has 4 rings (SSSR count). The van der Waals surface area contributed by atoms with E-state index < -0.39 is 5.54 Å². The number of hydrogen-bond donors (Lipinski definition) is 3. The standard InChI is InChI=1S/C23H32N6O2/c1-23(2)19-17(20(27-26-19)25-21(30)16-11-8-12-16)13-29(23)22(31)24-18(14-28(3)4)15-9-6-5-7-10-15/h5-7,9-10,16,18H,8,11-14H2,1-4H3,(H,24,31)(H2,25,26,27,30)/t18-/m1/s1. The number of anilines is 1. The van der Waals surface area contributed by atoms with Gasteiger partial charge in [-0.3, -0.25) is 9.89 Å². The average molecular weight is 425 g/mol. The molecule has 8 heteroatoms. The van der Waals surface area contributed by atoms with E-state index in [1.54, 1.807) is 4.90 Å². The summed E-state index contributed by atoms with van der Waals surface area (Å²) in [6.45, 7) is 5.09. The molecule has 0 spiro atoms. The maximum atomic E-state index is 13.4. The molecule has 1 fully saturated rings. The topological polar surface area (TPSA) is 93.4 Å². The summed E-state index contributed by atoms with van der Waals surface area (Å²) in [6, 6.07) is 9.74. The van der Waals surface area contributed by atoms with Gasteiger partial charge in [0, 0.05) is 18.0 Å². The zero-order valence-corrected chi connectivity index (χ0v) is 18.7. The van der Waals surface area contributed by atoms with Crippen LogP contribution in [-0.2, 0) is 16.9 Å². The molecule has 1 aliphatic heterocycles. The fraction of sp³-hybridized carbons (Fsp3) is 0.522. The summed E-state index contributed by atoms with van der Waals surface area (Å²) in [5.41, 5.74) is 2.26. The van der Waals surface area contributed by atoms with Crippen LogP contribution in [0.15, 0.2) is 30.3 Å². The third kappa shape index (κ3) is 4.17. The smallest absolute Gasteiger partial charge is 0.319 e. The molecule has 1 atom stereocenters. The predicted octanol–water partition coefficient (Wildman–Crippen LogP) is 3.21. The molecular weight excluding hydrogens is 392 g/mol. The number of rotatable bonds is 6. The molecule has 1 saturated carbocycles. The van der Waals surface area contributed by atoms with Crippen LogP contribution in [0.25, 0.3) is 0 Å². The highest BCUT2D eigenvalue weighted by atomic mass is 16.2. The van der Waals surface area contributed by atoms with E-state index >= 15 is 0 Å². The summed E-state index contributed by atoms with van der Waals surface area (Å²) < 4.78 is 0. The van der Waals surface area contributed by atoms with Gasteiger partial charge in [0.1, 0.15) is 0 Å². The average Bonchev–Trinajstić information content (AvgIpc) is 3.18. The van der Waals surface area contributed by atoms with E-state index in [9.17, 15) is 9.59 Å². The number of amides is 3. The predicted molar refractivity (Wildman–Crippen MR) is 119 cm³/mol. The van der Waals surface area contributed by atoms with E-state index in [0.717, 1.165) is 36.1 Å². The van der Waals surface area contributed by atoms with E-state index in [0.29, 0.717) is 18.9 Å². The van der Waals surface area contributed by atoms with Crippen molar-refractivity contribution in [2.45, 2.75) is 51.2 Å². The van der Waals surface area contributed by atoms with Gasteiger partial charge in [-0.05, 0) is 46.3 Å². The highest BCUT2D eigenvalue weighted by Crippen LogP contribution is 2.41. The van der Waals surface area contributed by atoms with Crippen molar-refractivity contribution in [3.8, 4) is 0 Å². The van der Waals surface area contributed by atoms with Crippen molar-refractivity contribution in [3.05, 3.63) is 47.2 Å². The zero-order valence-electron chi connectivity index (χ0n) is 18.7. The minimum atomic E-state index is -0.564. The Labute approximate surface area is 183 Å². The minimum Gasteiger partial charge on any atom is -0.330 e. The molecule has 2 heterocycles. The van der Waals surface area contributed by atoms with E-state index in [2.05, 4.69) is 25.7 Å². The van der Waals surface area contributed by atoms with Crippen molar-refractivity contribution in [2.24, 2.45) is 5.92 Å². The van der Waals surface area contributed by atoms with Gasteiger partial charge in [-0.1, -0.05) is 36.8 Å². The van der Waals surface area contributed by atoms with Gasteiger partial charge < -0.3 is 20.4 Å². The van der Waals surface area contributed by atoms with Gasteiger partial charge in [-0.2, -0.15) is 5.10 Å². The highest BCUT2D eigenvalue weighted by molar-refractivity contribution is 5.93. The highest BCUT2D eigenvalue weighted by Gasteiger charge is 2.44. The fourth-order valence-electron chi connectivity index (χ4n) is 4.35. The van der Waals surface area contributed by atoms with E-state index in [1.807, 2.05) is 58.3 Å². The van der Waals surface area contributed by atoms with Crippen LogP contribution >= 0.6 is 0 Å². The molecule has 1 aliphatic carbocycles. The van der Waals surface area contributed by atoms with Gasteiger partial charge in [0.25, 0.3) is 0 Å². The summed E-state index contributed by atoms with van der Waals surface area (Å²) in [5, 5.41) is 13.6. The zero-order chi connectivity index (χ0) is 22.2. The molecule has 8 nitrogen and oxygen atoms in total. The van der Waals surface area contributed by atoms with Crippen LogP contribution < -0.4 is 10.6 Å². The van der Waals surface area contributed by atoms with Crippen LogP contribution in [-0.4, -0.2) is 52.6 Å². The Bertz CT molecular complexity index is 948. The number of urea groups is 1. The summed E-state index contributed by atoms with van der Waals surface area (Å²) in [5.74, 6) is 0.651. The molecule has 2 aromatic rings. The number of nitrogens with one attached hydrogen (secondary N) is 3. The number of benzene rings is 1. The molecule has 166 valence electrons. The third-order valence-electron chi connectivity index (χ3n) is 6.48. The molecule has 3 N–H and O–H groups in total. The van der Waals surface area contributed by atoms with Crippen LogP contribution in [0.3, 0.4) is 0 Å². The molecule has 31 heavy (non-hydrogen) atoms. The van der Waals surface area contributed by atoms with E-state index in [-0.39, 0.29) is 23.9 Å². The van der Waals surface area contributed by atoms with Crippen molar-refractivity contribution in [1.82, 2.24) is 25.3 Å². The molecule has 3 amide bonds. The maximum Gasteiger partial charge on any atom is 0.319 e. The Balaban J connectivity index is 1.50. The van der Waals surface area contributed by atoms with E-state index in [4.69, 9.17) is 0 Å². The minimum absolute atomic E-state index is 0.0244. The van der Waals surface area contributed by atoms with Crippen LogP contribution in [0.5, 0.6) is 0 Å². The van der Waals surface area contributed by atoms with Gasteiger partial charge in [0.15, 0.2) is 5.82 Å². The summed E-state index contributed by atoms with van der Waals surface area (Å²) >= 11 is 0. The number of aromatic amines is 1. The Morgan fingerprint density at radius 1 is 1.26 bits per heavy atom. The Morgan fingerprint density at radius 2 is 1.97 bits per heavy atom. The van der Waals surface area contributed by atoms with Crippen LogP contribution in [0.1, 0.15) is 56.0 Å². The second kappa shape index (κ2) is 8.34. The van der Waals surface area contributed by atoms with Crippen LogP contribution in [0, 0.1) is 5.92 Å². The number of fused-ring (bicyclic) bond motifs is 1. The molecule has 1 aromatic heterocycles. The molecule has 1 aromatic carbocycles. The van der Waals surface area contributed by atoms with Crippen LogP contribution in [0.4, 0.5) is 10.6 Å². The van der Waals surface area contributed by atoms with E-state index in [1.165, 1.54) is 0 Å². The van der Waals surface area contributed by atoms with Gasteiger partial charge in [-0.25, -0.2) is 4.79 Å². The van der Waals surface area contributed by atoms with Crippen molar-refractivity contribution in [2.75, 3.05) is 26.0 Å². The Hall–Kier alpha value is -2.87. The summed E-state index contributed by atoms with van der Waals surface area (Å²) in [6.07, 6.45) is 2.98. The molecule has 0 unspecified atom stereocenters. The second-order valence-electron chi connectivity index (χ2n) is 9.36. The van der Waals surface area contributed by atoms with Gasteiger partial charge in [0.05, 0.1) is 23.8 Å². The van der Waals surface area contributed by atoms with Crippen molar-refractivity contribution < 1.29 is 9.59 Å². The quantitative estimate of drug-likeness (QED) is 0.664. The number of hydrogen-bond acceptors (Lipinski definition) is 4. The fourth-order valence-corrected chi connectivity index (χ4v) is 4.35. The third-order valence-corrected chi connectivity index (χ3v) is 6.48. The first-order valence-corrected chi connectivity index (χ1v) is 10.9. The molecule has 0 bridgehead atoms. The SMILES string of the molecule is CN(C)C[C@@H](NC(=O)N1Cc2c(NC(=O)C3CCC3)n[nH]c2C1(C)C)c1ccccc1. The second-order valence-corrected chi connectivity index (χ2v) is 9.36. The lowest BCUT2D eigenvalue weighted by atomic mass is 9.85. The lowest BCUT2D eigenvalue weighted by Crippen LogP contribution is -2.48. The van der Waals surface area contributed by atoms with Crippen molar-refractivity contribution in [1.29, 1.82) is 0 Å². The molecule has 2 aliphatic rings. The largest absolute Gasteiger partial charge is 0.330 e. The lowest BCUT2D eigenvalue weighted by molar-refractivity contribution is -0.122. The molecule has 0 saturated heterocycles. The first-order valence-electron chi connectivity index (χ1n) is 10.9. The normalized spacial score (nSPS) is 18.4. The number of likely N-dealkylation sites (N-methyl/N-ethyl adjacent to an activating group) is 1.